The molecule has 1 N–H and O–H groups in total. The number of thiophene rings is 1. The van der Waals surface area contributed by atoms with Gasteiger partial charge in [-0.2, -0.15) is 5.10 Å². The summed E-state index contributed by atoms with van der Waals surface area (Å²) in [6.45, 7) is 0.461. The maximum atomic E-state index is 11.8. The summed E-state index contributed by atoms with van der Waals surface area (Å²) < 4.78 is 1.69. The van der Waals surface area contributed by atoms with Crippen LogP contribution in [0.3, 0.4) is 0 Å². The van der Waals surface area contributed by atoms with Gasteiger partial charge in [-0.25, -0.2) is 9.67 Å². The highest BCUT2D eigenvalue weighted by Gasteiger charge is 2.06. The van der Waals surface area contributed by atoms with E-state index in [1.807, 2.05) is 35.8 Å². The normalized spacial score (nSPS) is 10.4. The second-order valence-electron chi connectivity index (χ2n) is 4.14. The van der Waals surface area contributed by atoms with Crippen molar-refractivity contribution in [1.82, 2.24) is 20.1 Å². The van der Waals surface area contributed by atoms with Crippen LogP contribution in [-0.2, 0) is 6.54 Å². The Hall–Kier alpha value is -2.47. The molecule has 3 aromatic rings. The fraction of sp³-hybridized carbons (Fsp3) is 0.0714. The number of rotatable bonds is 4. The van der Waals surface area contributed by atoms with Crippen LogP contribution in [0, 0.1) is 0 Å². The summed E-state index contributed by atoms with van der Waals surface area (Å²) in [4.78, 5) is 16.8. The molecule has 0 radical (unpaired) electrons. The van der Waals surface area contributed by atoms with E-state index >= 15 is 0 Å². The zero-order valence-electron chi connectivity index (χ0n) is 10.6. The Morgan fingerprint density at radius 1 is 1.30 bits per heavy atom. The van der Waals surface area contributed by atoms with E-state index in [2.05, 4.69) is 15.4 Å². The second-order valence-corrected chi connectivity index (χ2v) is 5.08. The monoisotopic (exact) mass is 284 g/mol. The number of carbonyl (C=O) groups is 1. The van der Waals surface area contributed by atoms with Gasteiger partial charge in [0.05, 0.1) is 4.88 Å². The third-order valence-electron chi connectivity index (χ3n) is 2.75. The molecular formula is C14H12N4OS. The van der Waals surface area contributed by atoms with Crippen molar-refractivity contribution in [2.24, 2.45) is 0 Å². The Morgan fingerprint density at radius 2 is 2.25 bits per heavy atom. The minimum absolute atomic E-state index is 0.0591. The first-order valence-corrected chi connectivity index (χ1v) is 6.97. The van der Waals surface area contributed by atoms with Gasteiger partial charge >= 0.3 is 0 Å². The maximum absolute atomic E-state index is 11.8. The van der Waals surface area contributed by atoms with Gasteiger partial charge in [0, 0.05) is 25.1 Å². The highest BCUT2D eigenvalue weighted by atomic mass is 32.1. The second kappa shape index (κ2) is 5.66. The zero-order valence-corrected chi connectivity index (χ0v) is 11.4. The van der Waals surface area contributed by atoms with E-state index in [1.165, 1.54) is 11.3 Å². The highest BCUT2D eigenvalue weighted by molar-refractivity contribution is 7.12. The average Bonchev–Trinajstić information content (AvgIpc) is 3.18. The zero-order chi connectivity index (χ0) is 13.8. The van der Waals surface area contributed by atoms with Crippen LogP contribution < -0.4 is 5.32 Å². The summed E-state index contributed by atoms with van der Waals surface area (Å²) in [5.41, 5.74) is 0.950. The highest BCUT2D eigenvalue weighted by Crippen LogP contribution is 2.09. The number of aromatic nitrogens is 3. The Balaban J connectivity index is 1.63. The van der Waals surface area contributed by atoms with Gasteiger partial charge < -0.3 is 5.32 Å². The molecule has 3 aromatic heterocycles. The molecule has 0 unspecified atom stereocenters. The molecular weight excluding hydrogens is 272 g/mol. The van der Waals surface area contributed by atoms with Crippen LogP contribution in [0.5, 0.6) is 0 Å². The maximum Gasteiger partial charge on any atom is 0.261 e. The SMILES string of the molecule is O=C(NCc1ccc(-n2cccn2)nc1)c1cccs1. The number of nitrogens with zero attached hydrogens (tertiary/aromatic N) is 3. The number of amides is 1. The molecule has 0 saturated carbocycles. The van der Waals surface area contributed by atoms with Crippen LogP contribution in [0.15, 0.2) is 54.3 Å². The van der Waals surface area contributed by atoms with Crippen molar-refractivity contribution in [3.05, 3.63) is 64.7 Å². The molecule has 3 rings (SSSR count). The minimum Gasteiger partial charge on any atom is -0.347 e. The van der Waals surface area contributed by atoms with Gasteiger partial charge in [0.2, 0.25) is 0 Å². The van der Waals surface area contributed by atoms with Gasteiger partial charge in [-0.15, -0.1) is 11.3 Å². The van der Waals surface area contributed by atoms with E-state index in [1.54, 1.807) is 23.1 Å². The smallest absolute Gasteiger partial charge is 0.261 e. The van der Waals surface area contributed by atoms with E-state index in [9.17, 15) is 4.79 Å². The summed E-state index contributed by atoms with van der Waals surface area (Å²) in [5.74, 6) is 0.694. The van der Waals surface area contributed by atoms with Gasteiger partial charge in [-0.3, -0.25) is 4.79 Å². The lowest BCUT2D eigenvalue weighted by Gasteiger charge is -2.05. The van der Waals surface area contributed by atoms with E-state index in [0.717, 1.165) is 11.4 Å². The van der Waals surface area contributed by atoms with Crippen molar-refractivity contribution in [3.63, 3.8) is 0 Å². The van der Waals surface area contributed by atoms with Gasteiger partial charge in [-0.05, 0) is 29.1 Å². The predicted molar refractivity (Wildman–Crippen MR) is 76.8 cm³/mol. The molecule has 1 amide bonds. The fourth-order valence-electron chi connectivity index (χ4n) is 1.74. The lowest BCUT2D eigenvalue weighted by atomic mass is 10.3. The Bertz CT molecular complexity index is 675. The Labute approximate surface area is 119 Å². The van der Waals surface area contributed by atoms with Gasteiger partial charge in [0.25, 0.3) is 5.91 Å². The van der Waals surface area contributed by atoms with Gasteiger partial charge in [0.15, 0.2) is 5.82 Å². The summed E-state index contributed by atoms with van der Waals surface area (Å²) in [6, 6.07) is 9.31. The van der Waals surface area contributed by atoms with Crippen LogP contribution in [0.1, 0.15) is 15.2 Å². The number of carbonyl (C=O) groups excluding carboxylic acids is 1. The molecule has 0 aromatic carbocycles. The lowest BCUT2D eigenvalue weighted by Crippen LogP contribution is -2.21. The quantitative estimate of drug-likeness (QED) is 0.799. The first-order chi connectivity index (χ1) is 9.83. The standard InChI is InChI=1S/C14H12N4OS/c19-14(12-3-1-8-20-12)16-10-11-4-5-13(15-9-11)18-7-2-6-17-18/h1-9H,10H2,(H,16,19). The molecule has 0 saturated heterocycles. The van der Waals surface area contributed by atoms with Crippen LogP contribution in [0.2, 0.25) is 0 Å². The third kappa shape index (κ3) is 2.75. The van der Waals surface area contributed by atoms with Crippen molar-refractivity contribution >= 4 is 17.2 Å². The number of hydrogen-bond donors (Lipinski definition) is 1. The van der Waals surface area contributed by atoms with Crippen molar-refractivity contribution in [1.29, 1.82) is 0 Å². The molecule has 6 heteroatoms. The largest absolute Gasteiger partial charge is 0.347 e. The van der Waals surface area contributed by atoms with Gasteiger partial charge in [0.1, 0.15) is 0 Å². The van der Waals surface area contributed by atoms with Crippen molar-refractivity contribution in [3.8, 4) is 5.82 Å². The first kappa shape index (κ1) is 12.6. The molecule has 0 aliphatic heterocycles. The molecule has 20 heavy (non-hydrogen) atoms. The Morgan fingerprint density at radius 3 is 2.90 bits per heavy atom. The Kier molecular flexibility index (Phi) is 3.56. The van der Waals surface area contributed by atoms with E-state index in [4.69, 9.17) is 0 Å². The number of hydrogen-bond acceptors (Lipinski definition) is 4. The molecule has 100 valence electrons. The molecule has 0 aliphatic rings. The molecule has 0 fully saturated rings. The van der Waals surface area contributed by atoms with Crippen LogP contribution in [-0.4, -0.2) is 20.7 Å². The van der Waals surface area contributed by atoms with Crippen molar-refractivity contribution in [2.45, 2.75) is 6.54 Å². The molecule has 0 atom stereocenters. The molecule has 0 aliphatic carbocycles. The van der Waals surface area contributed by atoms with Crippen LogP contribution in [0.25, 0.3) is 5.82 Å². The lowest BCUT2D eigenvalue weighted by molar-refractivity contribution is 0.0955. The third-order valence-corrected chi connectivity index (χ3v) is 3.61. The summed E-state index contributed by atoms with van der Waals surface area (Å²) in [6.07, 6.45) is 5.28. The summed E-state index contributed by atoms with van der Waals surface area (Å²) >= 11 is 1.43. The summed E-state index contributed by atoms with van der Waals surface area (Å²) in [5, 5.41) is 8.86. The number of pyridine rings is 1. The molecule has 0 spiro atoms. The van der Waals surface area contributed by atoms with Crippen LogP contribution >= 0.6 is 11.3 Å². The van der Waals surface area contributed by atoms with Crippen LogP contribution in [0.4, 0.5) is 0 Å². The molecule has 3 heterocycles. The topological polar surface area (TPSA) is 59.8 Å². The average molecular weight is 284 g/mol. The first-order valence-electron chi connectivity index (χ1n) is 6.09. The van der Waals surface area contributed by atoms with E-state index in [0.29, 0.717) is 11.4 Å². The predicted octanol–water partition coefficient (Wildman–Crippen LogP) is 2.26. The van der Waals surface area contributed by atoms with Gasteiger partial charge in [-0.1, -0.05) is 12.1 Å². The summed E-state index contributed by atoms with van der Waals surface area (Å²) in [7, 11) is 0. The fourth-order valence-corrected chi connectivity index (χ4v) is 2.38. The van der Waals surface area contributed by atoms with E-state index in [-0.39, 0.29) is 5.91 Å². The number of nitrogens with one attached hydrogen (secondary N) is 1. The van der Waals surface area contributed by atoms with Crippen molar-refractivity contribution < 1.29 is 4.79 Å². The van der Waals surface area contributed by atoms with Crippen molar-refractivity contribution in [2.75, 3.05) is 0 Å². The molecule has 0 bridgehead atoms. The minimum atomic E-state index is -0.0591. The van der Waals surface area contributed by atoms with E-state index < -0.39 is 0 Å². The molecule has 5 nitrogen and oxygen atoms in total.